The van der Waals surface area contributed by atoms with Crippen LogP contribution >= 0.6 is 0 Å². The van der Waals surface area contributed by atoms with Crippen LogP contribution in [0, 0.1) is 0 Å². The fourth-order valence-corrected chi connectivity index (χ4v) is 3.52. The lowest BCUT2D eigenvalue weighted by molar-refractivity contribution is -0.466. The average molecular weight is 478 g/mol. The molecule has 186 valence electrons. The van der Waals surface area contributed by atoms with Gasteiger partial charge in [-0.15, -0.1) is 0 Å². The molecule has 10 heteroatoms. The molecule has 1 fully saturated rings. The molecule has 2 amide bonds. The summed E-state index contributed by atoms with van der Waals surface area (Å²) in [5.74, 6) is -2.63. The highest BCUT2D eigenvalue weighted by Gasteiger charge is 2.45. The summed E-state index contributed by atoms with van der Waals surface area (Å²) in [5, 5.41) is 22.2. The molecule has 0 aromatic rings. The first-order valence-corrected chi connectivity index (χ1v) is 11.0. The normalized spacial score (nSPS) is 23.7. The number of aliphatic hydroxyl groups excluding tert-OH is 2. The van der Waals surface area contributed by atoms with E-state index in [2.05, 4.69) is 16.9 Å². The fraction of sp³-hybridized carbons (Fsp3) is 0.458. The topological polar surface area (TPSA) is 121 Å². The van der Waals surface area contributed by atoms with E-state index in [1.165, 1.54) is 18.0 Å². The largest absolute Gasteiger partial charge is 0.505 e. The second kappa shape index (κ2) is 12.4. The van der Waals surface area contributed by atoms with E-state index in [1.807, 2.05) is 13.0 Å². The van der Waals surface area contributed by atoms with E-state index < -0.39 is 34.6 Å². The molecule has 2 aliphatic rings. The van der Waals surface area contributed by atoms with Crippen LogP contribution in [0.25, 0.3) is 0 Å². The zero-order valence-corrected chi connectivity index (χ0v) is 19.8. The molecule has 0 spiro atoms. The lowest BCUT2D eigenvalue weighted by atomic mass is 9.96. The van der Waals surface area contributed by atoms with E-state index in [0.29, 0.717) is 18.5 Å². The number of aliphatic imine (C=N–C) groups is 1. The third-order valence-corrected chi connectivity index (χ3v) is 5.13. The summed E-state index contributed by atoms with van der Waals surface area (Å²) < 4.78 is 13.0. The number of nitrogens with zero attached hydrogens (tertiary/aromatic N) is 2. The van der Waals surface area contributed by atoms with Crippen molar-refractivity contribution in [1.82, 2.24) is 10.2 Å². The molecule has 0 bridgehead atoms. The van der Waals surface area contributed by atoms with Crippen molar-refractivity contribution < 1.29 is 34.0 Å². The van der Waals surface area contributed by atoms with Gasteiger partial charge < -0.3 is 20.4 Å². The van der Waals surface area contributed by atoms with Crippen molar-refractivity contribution in [2.45, 2.75) is 38.7 Å². The van der Waals surface area contributed by atoms with Crippen LogP contribution in [0.15, 0.2) is 64.3 Å². The second-order valence-corrected chi connectivity index (χ2v) is 8.06. The number of amides is 2. The van der Waals surface area contributed by atoms with Crippen molar-refractivity contribution in [1.29, 1.82) is 0 Å². The monoisotopic (exact) mass is 477 g/mol. The summed E-state index contributed by atoms with van der Waals surface area (Å²) in [6, 6.07) is 0. The summed E-state index contributed by atoms with van der Waals surface area (Å²) in [7, 11) is 1.44. The maximum atomic E-state index is 13.3. The number of rotatable bonds is 11. The van der Waals surface area contributed by atoms with Crippen molar-refractivity contribution in [3.8, 4) is 0 Å². The third kappa shape index (κ3) is 6.72. The van der Waals surface area contributed by atoms with Gasteiger partial charge in [0.1, 0.15) is 29.3 Å². The maximum Gasteiger partial charge on any atom is 0.267 e. The van der Waals surface area contributed by atoms with Gasteiger partial charge in [-0.25, -0.2) is 14.2 Å². The minimum Gasteiger partial charge on any atom is -0.505 e. The molecule has 0 radical (unpaired) electrons. The zero-order chi connectivity index (χ0) is 25.3. The van der Waals surface area contributed by atoms with E-state index >= 15 is 0 Å². The zero-order valence-electron chi connectivity index (χ0n) is 19.8. The van der Waals surface area contributed by atoms with Gasteiger partial charge in [-0.1, -0.05) is 37.3 Å². The SMILES string of the molecule is C=C(F)/C=C\C(=C/CC)CC/C=C1\C(=NC)C(O)=C(C(=O)NCCO)C(=O)N1CC1(C)COO1. The third-order valence-electron chi connectivity index (χ3n) is 5.13. The first-order chi connectivity index (χ1) is 16.2. The van der Waals surface area contributed by atoms with Crippen LogP contribution in [-0.2, 0) is 19.4 Å². The Labute approximate surface area is 198 Å². The molecular formula is C24H32FN3O6. The van der Waals surface area contributed by atoms with Crippen LogP contribution in [0.5, 0.6) is 0 Å². The molecule has 3 N–H and O–H groups in total. The summed E-state index contributed by atoms with van der Waals surface area (Å²) in [4.78, 5) is 41.4. The Morgan fingerprint density at radius 2 is 2.12 bits per heavy atom. The van der Waals surface area contributed by atoms with Crippen LogP contribution in [-0.4, -0.2) is 71.6 Å². The summed E-state index contributed by atoms with van der Waals surface area (Å²) >= 11 is 0. The lowest BCUT2D eigenvalue weighted by Crippen LogP contribution is -2.56. The molecule has 0 aromatic heterocycles. The van der Waals surface area contributed by atoms with Gasteiger partial charge in [0.15, 0.2) is 5.76 Å². The van der Waals surface area contributed by atoms with Crippen LogP contribution < -0.4 is 5.32 Å². The van der Waals surface area contributed by atoms with Crippen molar-refractivity contribution in [3.05, 3.63) is 59.3 Å². The predicted octanol–water partition coefficient (Wildman–Crippen LogP) is 2.58. The molecule has 34 heavy (non-hydrogen) atoms. The molecule has 0 saturated carbocycles. The van der Waals surface area contributed by atoms with Gasteiger partial charge in [0, 0.05) is 13.6 Å². The lowest BCUT2D eigenvalue weighted by Gasteiger charge is -2.42. The Balaban J connectivity index is 2.42. The van der Waals surface area contributed by atoms with E-state index in [1.54, 1.807) is 19.1 Å². The van der Waals surface area contributed by atoms with Gasteiger partial charge in [-0.3, -0.25) is 14.6 Å². The number of allylic oxidation sites excluding steroid dienone is 6. The number of hydrogen-bond acceptors (Lipinski definition) is 7. The van der Waals surface area contributed by atoms with Gasteiger partial charge in [-0.2, -0.15) is 0 Å². The molecule has 1 atom stereocenters. The van der Waals surface area contributed by atoms with Crippen LogP contribution in [0.3, 0.4) is 0 Å². The molecule has 1 saturated heterocycles. The van der Waals surface area contributed by atoms with Crippen LogP contribution in [0.4, 0.5) is 4.39 Å². The van der Waals surface area contributed by atoms with Gasteiger partial charge in [0.2, 0.25) is 0 Å². The Morgan fingerprint density at radius 1 is 1.41 bits per heavy atom. The Kier molecular flexibility index (Phi) is 9.91. The number of halogens is 1. The fourth-order valence-electron chi connectivity index (χ4n) is 3.52. The molecule has 2 rings (SSSR count). The van der Waals surface area contributed by atoms with Gasteiger partial charge in [-0.05, 0) is 32.3 Å². The second-order valence-electron chi connectivity index (χ2n) is 8.06. The van der Waals surface area contributed by atoms with Crippen molar-refractivity contribution in [2.24, 2.45) is 4.99 Å². The Bertz CT molecular complexity index is 960. The van der Waals surface area contributed by atoms with Crippen molar-refractivity contribution in [2.75, 3.05) is 33.4 Å². The van der Waals surface area contributed by atoms with Crippen LogP contribution in [0.1, 0.15) is 33.1 Å². The quantitative estimate of drug-likeness (QED) is 0.239. The molecule has 9 nitrogen and oxygen atoms in total. The van der Waals surface area contributed by atoms with E-state index in [-0.39, 0.29) is 32.0 Å². The Morgan fingerprint density at radius 3 is 2.65 bits per heavy atom. The predicted molar refractivity (Wildman–Crippen MR) is 125 cm³/mol. The van der Waals surface area contributed by atoms with Gasteiger partial charge in [0.25, 0.3) is 11.8 Å². The molecule has 2 aliphatic heterocycles. The molecule has 0 aliphatic carbocycles. The highest BCUT2D eigenvalue weighted by atomic mass is 19.1. The first kappa shape index (κ1) is 27.2. The highest BCUT2D eigenvalue weighted by molar-refractivity contribution is 6.30. The maximum absolute atomic E-state index is 13.3. The number of carbonyl (C=O) groups is 2. The van der Waals surface area contributed by atoms with Crippen LogP contribution in [0.2, 0.25) is 0 Å². The minimum atomic E-state index is -0.817. The van der Waals surface area contributed by atoms with E-state index in [9.17, 15) is 19.1 Å². The number of hydrogen-bond donors (Lipinski definition) is 3. The Hall–Kier alpha value is -3.08. The number of carbonyl (C=O) groups excluding carboxylic acids is 2. The van der Waals surface area contributed by atoms with Crippen molar-refractivity contribution >= 4 is 17.5 Å². The van der Waals surface area contributed by atoms with Gasteiger partial charge in [0.05, 0.1) is 18.8 Å². The van der Waals surface area contributed by atoms with Gasteiger partial charge >= 0.3 is 0 Å². The average Bonchev–Trinajstić information content (AvgIpc) is 2.77. The minimum absolute atomic E-state index is 0.0555. The standard InChI is InChI=1S/C24H32FN3O6/c1-5-7-17(11-10-16(2)25)8-6-9-18-20(26-4)21(30)19(22(31)27-12-13-29)23(32)28(18)14-24(3)15-33-34-24/h7,9-11,29-30H,2,5-6,8,12-15H2,1,3-4H3,(H,27,31)/b11-10-,17-7-,18-9+,26-20?. The van der Waals surface area contributed by atoms with E-state index in [0.717, 1.165) is 12.0 Å². The van der Waals surface area contributed by atoms with Crippen molar-refractivity contribution in [3.63, 3.8) is 0 Å². The molecular weight excluding hydrogens is 445 g/mol. The molecule has 1 unspecified atom stereocenters. The number of nitrogens with one attached hydrogen (secondary N) is 1. The molecule has 0 aromatic carbocycles. The number of aliphatic hydroxyl groups is 2. The summed E-state index contributed by atoms with van der Waals surface area (Å²) in [6.07, 6.45) is 8.36. The smallest absolute Gasteiger partial charge is 0.267 e. The highest BCUT2D eigenvalue weighted by Crippen LogP contribution is 2.31. The summed E-state index contributed by atoms with van der Waals surface area (Å²) in [6.45, 7) is 6.84. The summed E-state index contributed by atoms with van der Waals surface area (Å²) in [5.41, 5.74) is 0.0193. The first-order valence-electron chi connectivity index (χ1n) is 11.0. The van der Waals surface area contributed by atoms with E-state index in [4.69, 9.17) is 14.9 Å². The molecule has 2 heterocycles.